The summed E-state index contributed by atoms with van der Waals surface area (Å²) < 4.78 is 35.7. The van der Waals surface area contributed by atoms with E-state index in [1.54, 1.807) is 0 Å². The van der Waals surface area contributed by atoms with Crippen LogP contribution in [0.3, 0.4) is 0 Å². The molecule has 0 aromatic carbocycles. The molecule has 3 nitrogen and oxygen atoms in total. The number of amides is 2. The van der Waals surface area contributed by atoms with E-state index in [0.29, 0.717) is 11.1 Å². The SMILES string of the molecule is CN1C(=O)N=CC1C(F)(F)F. The number of rotatable bonds is 0. The number of urea groups is 1. The molecule has 11 heavy (non-hydrogen) atoms. The van der Waals surface area contributed by atoms with Crippen LogP contribution in [-0.2, 0) is 0 Å². The molecule has 0 N–H and O–H groups in total. The van der Waals surface area contributed by atoms with Crippen molar-refractivity contribution >= 4 is 12.2 Å². The van der Waals surface area contributed by atoms with Crippen LogP contribution in [0.25, 0.3) is 0 Å². The van der Waals surface area contributed by atoms with E-state index in [0.717, 1.165) is 7.05 Å². The molecule has 0 aliphatic carbocycles. The van der Waals surface area contributed by atoms with Gasteiger partial charge in [0.05, 0.1) is 0 Å². The van der Waals surface area contributed by atoms with Crippen LogP contribution < -0.4 is 0 Å². The van der Waals surface area contributed by atoms with Crippen LogP contribution in [0.4, 0.5) is 18.0 Å². The zero-order valence-corrected chi connectivity index (χ0v) is 5.59. The van der Waals surface area contributed by atoms with Crippen LogP contribution in [0, 0.1) is 0 Å². The summed E-state index contributed by atoms with van der Waals surface area (Å²) in [7, 11) is 1.06. The highest BCUT2D eigenvalue weighted by atomic mass is 19.4. The van der Waals surface area contributed by atoms with Gasteiger partial charge in [-0.3, -0.25) is 0 Å². The molecule has 0 radical (unpaired) electrons. The maximum Gasteiger partial charge on any atom is 0.414 e. The minimum Gasteiger partial charge on any atom is -0.309 e. The third-order valence-electron chi connectivity index (χ3n) is 1.38. The average molecular weight is 166 g/mol. The Hall–Kier alpha value is -1.07. The number of alkyl halides is 3. The predicted molar refractivity (Wildman–Crippen MR) is 31.5 cm³/mol. The molecule has 0 spiro atoms. The highest BCUT2D eigenvalue weighted by Gasteiger charge is 2.45. The first-order valence-corrected chi connectivity index (χ1v) is 2.80. The Balaban J connectivity index is 2.78. The highest BCUT2D eigenvalue weighted by Crippen LogP contribution is 2.25. The molecule has 1 atom stereocenters. The molecular formula is C5H5F3N2O. The van der Waals surface area contributed by atoms with Crippen LogP contribution in [0.1, 0.15) is 0 Å². The van der Waals surface area contributed by atoms with Crippen LogP contribution >= 0.6 is 0 Å². The van der Waals surface area contributed by atoms with Gasteiger partial charge in [-0.05, 0) is 0 Å². The predicted octanol–water partition coefficient (Wildman–Crippen LogP) is 1.05. The molecule has 62 valence electrons. The summed E-state index contributed by atoms with van der Waals surface area (Å²) in [5.74, 6) is 0. The Morgan fingerprint density at radius 3 is 2.36 bits per heavy atom. The first kappa shape index (κ1) is 8.03. The molecule has 1 rings (SSSR count). The van der Waals surface area contributed by atoms with E-state index in [1.165, 1.54) is 0 Å². The molecule has 0 aromatic heterocycles. The van der Waals surface area contributed by atoms with Gasteiger partial charge in [-0.25, -0.2) is 9.79 Å². The molecule has 6 heteroatoms. The molecule has 0 aromatic rings. The summed E-state index contributed by atoms with van der Waals surface area (Å²) >= 11 is 0. The number of aliphatic imine (C=N–C) groups is 1. The van der Waals surface area contributed by atoms with E-state index in [9.17, 15) is 18.0 Å². The van der Waals surface area contributed by atoms with Crippen molar-refractivity contribution in [3.05, 3.63) is 0 Å². The standard InChI is InChI=1S/C5H5F3N2O/c1-10-3(5(6,7)8)2-9-4(10)11/h2-3H,1H3. The molecule has 0 bridgehead atoms. The largest absolute Gasteiger partial charge is 0.414 e. The van der Waals surface area contributed by atoms with Gasteiger partial charge in [-0.15, -0.1) is 0 Å². The van der Waals surface area contributed by atoms with Crippen LogP contribution in [0.5, 0.6) is 0 Å². The lowest BCUT2D eigenvalue weighted by Gasteiger charge is -2.19. The molecule has 0 fully saturated rings. The van der Waals surface area contributed by atoms with Gasteiger partial charge in [0.25, 0.3) is 0 Å². The van der Waals surface area contributed by atoms with Crippen LogP contribution in [-0.4, -0.2) is 36.4 Å². The summed E-state index contributed by atoms with van der Waals surface area (Å²) in [5.41, 5.74) is 0. The van der Waals surface area contributed by atoms with Crippen molar-refractivity contribution < 1.29 is 18.0 Å². The van der Waals surface area contributed by atoms with Gasteiger partial charge < -0.3 is 4.90 Å². The highest BCUT2D eigenvalue weighted by molar-refractivity contribution is 5.93. The molecular weight excluding hydrogens is 161 g/mol. The van der Waals surface area contributed by atoms with Crippen molar-refractivity contribution in [1.29, 1.82) is 0 Å². The monoisotopic (exact) mass is 166 g/mol. The second-order valence-corrected chi connectivity index (χ2v) is 2.16. The zero-order chi connectivity index (χ0) is 8.65. The second-order valence-electron chi connectivity index (χ2n) is 2.16. The van der Waals surface area contributed by atoms with Crippen molar-refractivity contribution in [3.8, 4) is 0 Å². The Morgan fingerprint density at radius 1 is 1.64 bits per heavy atom. The minimum absolute atomic E-state index is 0.542. The Labute approximate surface area is 60.5 Å². The van der Waals surface area contributed by atoms with Gasteiger partial charge in [0, 0.05) is 13.3 Å². The second kappa shape index (κ2) is 2.21. The number of halogens is 3. The number of carbonyl (C=O) groups is 1. The molecule has 1 aliphatic heterocycles. The van der Waals surface area contributed by atoms with Gasteiger partial charge in [0.15, 0.2) is 6.04 Å². The fourth-order valence-electron chi connectivity index (χ4n) is 0.749. The molecule has 1 heterocycles. The van der Waals surface area contributed by atoms with E-state index < -0.39 is 18.2 Å². The summed E-state index contributed by atoms with van der Waals surface area (Å²) in [4.78, 5) is 14.0. The molecule has 0 saturated heterocycles. The van der Waals surface area contributed by atoms with Crippen LogP contribution in [0.15, 0.2) is 4.99 Å². The van der Waals surface area contributed by atoms with Gasteiger partial charge in [0.1, 0.15) is 0 Å². The molecule has 2 amide bonds. The first-order chi connectivity index (χ1) is 4.93. The average Bonchev–Trinajstić information content (AvgIpc) is 2.11. The van der Waals surface area contributed by atoms with Gasteiger partial charge in [-0.2, -0.15) is 13.2 Å². The number of hydrogen-bond donors (Lipinski definition) is 0. The Bertz CT molecular complexity index is 210. The van der Waals surface area contributed by atoms with E-state index in [2.05, 4.69) is 4.99 Å². The molecule has 1 aliphatic rings. The topological polar surface area (TPSA) is 32.7 Å². The third-order valence-corrected chi connectivity index (χ3v) is 1.38. The fraction of sp³-hybridized carbons (Fsp3) is 0.600. The maximum atomic E-state index is 11.9. The lowest BCUT2D eigenvalue weighted by Crippen LogP contribution is -2.42. The Kier molecular flexibility index (Phi) is 1.62. The summed E-state index contributed by atoms with van der Waals surface area (Å²) in [6.45, 7) is 0. The van der Waals surface area contributed by atoms with E-state index in [1.807, 2.05) is 0 Å². The molecule has 0 saturated carbocycles. The molecule has 1 unspecified atom stereocenters. The Morgan fingerprint density at radius 2 is 2.18 bits per heavy atom. The summed E-state index contributed by atoms with van der Waals surface area (Å²) in [6.07, 6.45) is -3.81. The lowest BCUT2D eigenvalue weighted by atomic mass is 10.3. The van der Waals surface area contributed by atoms with Gasteiger partial charge >= 0.3 is 12.2 Å². The van der Waals surface area contributed by atoms with Crippen molar-refractivity contribution in [1.82, 2.24) is 4.90 Å². The van der Waals surface area contributed by atoms with Crippen molar-refractivity contribution in [2.45, 2.75) is 12.2 Å². The van der Waals surface area contributed by atoms with Crippen molar-refractivity contribution in [2.24, 2.45) is 4.99 Å². The normalized spacial score (nSPS) is 24.9. The maximum absolute atomic E-state index is 11.9. The van der Waals surface area contributed by atoms with Gasteiger partial charge in [-0.1, -0.05) is 0 Å². The van der Waals surface area contributed by atoms with E-state index in [4.69, 9.17) is 0 Å². The quantitative estimate of drug-likeness (QED) is 0.529. The number of carbonyl (C=O) groups excluding carboxylic acids is 1. The van der Waals surface area contributed by atoms with Crippen LogP contribution in [0.2, 0.25) is 0 Å². The van der Waals surface area contributed by atoms with E-state index in [-0.39, 0.29) is 0 Å². The lowest BCUT2D eigenvalue weighted by molar-refractivity contribution is -0.151. The number of hydrogen-bond acceptors (Lipinski definition) is 1. The number of nitrogens with zero attached hydrogens (tertiary/aromatic N) is 2. The van der Waals surface area contributed by atoms with Crippen molar-refractivity contribution in [2.75, 3.05) is 7.05 Å². The fourth-order valence-corrected chi connectivity index (χ4v) is 0.749. The first-order valence-electron chi connectivity index (χ1n) is 2.80. The minimum atomic E-state index is -4.41. The van der Waals surface area contributed by atoms with Gasteiger partial charge in [0.2, 0.25) is 0 Å². The van der Waals surface area contributed by atoms with Crippen molar-refractivity contribution in [3.63, 3.8) is 0 Å². The summed E-state index contributed by atoms with van der Waals surface area (Å²) in [5, 5.41) is 0. The van der Waals surface area contributed by atoms with E-state index >= 15 is 0 Å². The third kappa shape index (κ3) is 1.33. The zero-order valence-electron chi connectivity index (χ0n) is 5.59. The summed E-state index contributed by atoms with van der Waals surface area (Å²) in [6, 6.07) is -2.71. The smallest absolute Gasteiger partial charge is 0.309 e.